The van der Waals surface area contributed by atoms with E-state index < -0.39 is 0 Å². The van der Waals surface area contributed by atoms with E-state index in [-0.39, 0.29) is 23.7 Å². The van der Waals surface area contributed by atoms with Crippen LogP contribution < -0.4 is 5.32 Å². The van der Waals surface area contributed by atoms with Crippen molar-refractivity contribution in [3.63, 3.8) is 0 Å². The molecule has 4 rings (SSSR count). The minimum Gasteiger partial charge on any atom is -0.348 e. The van der Waals surface area contributed by atoms with Gasteiger partial charge in [-0.15, -0.1) is 0 Å². The number of pyridine rings is 1. The highest BCUT2D eigenvalue weighted by Crippen LogP contribution is 2.24. The van der Waals surface area contributed by atoms with Gasteiger partial charge < -0.3 is 9.84 Å². The number of rotatable bonds is 5. The summed E-state index contributed by atoms with van der Waals surface area (Å²) in [5.41, 5.74) is 1.84. The average Bonchev–Trinajstić information content (AvgIpc) is 3.40. The number of carbonyl (C=O) groups is 1. The first-order valence-corrected chi connectivity index (χ1v) is 10.1. The molecule has 0 unspecified atom stereocenters. The maximum absolute atomic E-state index is 13.8. The largest absolute Gasteiger partial charge is 0.348 e. The summed E-state index contributed by atoms with van der Waals surface area (Å²) in [6.07, 6.45) is 3.08. The maximum Gasteiger partial charge on any atom is 0.258 e. The fourth-order valence-corrected chi connectivity index (χ4v) is 3.09. The minimum atomic E-state index is -0.364. The van der Waals surface area contributed by atoms with Crippen molar-refractivity contribution in [3.8, 4) is 17.3 Å². The summed E-state index contributed by atoms with van der Waals surface area (Å²) in [6, 6.07) is 9.85. The SMILES string of the molecule is Cc1c(C(=O)NCc2ccccc2F)cnn1-c1cc(-c2nc(C(C)(C)C)no2)ccn1. The number of hydrogen-bond donors (Lipinski definition) is 1. The summed E-state index contributed by atoms with van der Waals surface area (Å²) >= 11 is 0. The topological polar surface area (TPSA) is 98.7 Å². The number of nitrogens with zero attached hydrogens (tertiary/aromatic N) is 5. The van der Waals surface area contributed by atoms with E-state index in [0.717, 1.165) is 0 Å². The Hall–Kier alpha value is -3.88. The van der Waals surface area contributed by atoms with Crippen molar-refractivity contribution in [1.29, 1.82) is 0 Å². The van der Waals surface area contributed by atoms with Gasteiger partial charge in [-0.25, -0.2) is 14.1 Å². The molecule has 32 heavy (non-hydrogen) atoms. The Kier molecular flexibility index (Phi) is 5.56. The van der Waals surface area contributed by atoms with Crippen molar-refractivity contribution in [2.45, 2.75) is 39.7 Å². The van der Waals surface area contributed by atoms with E-state index in [1.807, 2.05) is 20.8 Å². The third-order valence-corrected chi connectivity index (χ3v) is 4.96. The van der Waals surface area contributed by atoms with E-state index in [1.165, 1.54) is 12.3 Å². The molecule has 1 amide bonds. The molecule has 0 saturated carbocycles. The zero-order valence-electron chi connectivity index (χ0n) is 18.3. The molecule has 0 atom stereocenters. The number of hydrogen-bond acceptors (Lipinski definition) is 6. The third-order valence-electron chi connectivity index (χ3n) is 4.96. The van der Waals surface area contributed by atoms with Gasteiger partial charge in [0, 0.05) is 29.3 Å². The Morgan fingerprint density at radius 3 is 2.72 bits per heavy atom. The Labute approximate surface area is 184 Å². The summed E-state index contributed by atoms with van der Waals surface area (Å²) in [7, 11) is 0. The van der Waals surface area contributed by atoms with E-state index >= 15 is 0 Å². The first-order chi connectivity index (χ1) is 15.2. The molecule has 8 nitrogen and oxygen atoms in total. The van der Waals surface area contributed by atoms with Gasteiger partial charge in [-0.3, -0.25) is 4.79 Å². The molecule has 0 fully saturated rings. The van der Waals surface area contributed by atoms with E-state index in [4.69, 9.17) is 4.52 Å². The molecule has 1 N–H and O–H groups in total. The molecule has 0 radical (unpaired) electrons. The van der Waals surface area contributed by atoms with E-state index in [2.05, 4.69) is 25.5 Å². The molecule has 3 heterocycles. The van der Waals surface area contributed by atoms with Crippen LogP contribution in [0, 0.1) is 12.7 Å². The van der Waals surface area contributed by atoms with Crippen molar-refractivity contribution < 1.29 is 13.7 Å². The molecular formula is C23H23FN6O2. The van der Waals surface area contributed by atoms with Crippen LogP contribution in [0.5, 0.6) is 0 Å². The van der Waals surface area contributed by atoms with Crippen molar-refractivity contribution in [2.75, 3.05) is 0 Å². The Balaban J connectivity index is 1.55. The predicted octanol–water partition coefficient (Wildman–Crippen LogP) is 3.99. The van der Waals surface area contributed by atoms with Gasteiger partial charge in [-0.2, -0.15) is 10.1 Å². The van der Waals surface area contributed by atoms with Gasteiger partial charge in [-0.1, -0.05) is 44.1 Å². The van der Waals surface area contributed by atoms with Crippen molar-refractivity contribution >= 4 is 5.91 Å². The molecule has 0 aliphatic heterocycles. The summed E-state index contributed by atoms with van der Waals surface area (Å²) in [5.74, 6) is 0.779. The van der Waals surface area contributed by atoms with Gasteiger partial charge in [0.1, 0.15) is 5.82 Å². The molecule has 1 aromatic carbocycles. The molecule has 0 aliphatic carbocycles. The zero-order chi connectivity index (χ0) is 22.9. The van der Waals surface area contributed by atoms with E-state index in [9.17, 15) is 9.18 Å². The average molecular weight is 434 g/mol. The fourth-order valence-electron chi connectivity index (χ4n) is 3.09. The summed E-state index contributed by atoms with van der Waals surface area (Å²) in [4.78, 5) is 21.5. The molecule has 3 aromatic heterocycles. The second kappa shape index (κ2) is 8.33. The normalized spacial score (nSPS) is 11.5. The molecule has 4 aromatic rings. The third kappa shape index (κ3) is 4.27. The van der Waals surface area contributed by atoms with Crippen LogP contribution >= 0.6 is 0 Å². The molecule has 9 heteroatoms. The Morgan fingerprint density at radius 2 is 2.00 bits per heavy atom. The number of benzene rings is 1. The van der Waals surface area contributed by atoms with Gasteiger partial charge >= 0.3 is 0 Å². The van der Waals surface area contributed by atoms with Crippen LogP contribution in [0.3, 0.4) is 0 Å². The van der Waals surface area contributed by atoms with Gasteiger partial charge in [0.25, 0.3) is 11.8 Å². The summed E-state index contributed by atoms with van der Waals surface area (Å²) in [5, 5.41) is 11.1. The van der Waals surface area contributed by atoms with Crippen LogP contribution in [0.1, 0.15) is 48.2 Å². The molecule has 0 aliphatic rings. The van der Waals surface area contributed by atoms with Crippen molar-refractivity contribution in [1.82, 2.24) is 30.2 Å². The van der Waals surface area contributed by atoms with Crippen LogP contribution in [-0.2, 0) is 12.0 Å². The van der Waals surface area contributed by atoms with Gasteiger partial charge in [0.2, 0.25) is 0 Å². The van der Waals surface area contributed by atoms with Crippen LogP contribution in [-0.4, -0.2) is 30.8 Å². The number of nitrogens with one attached hydrogen (secondary N) is 1. The number of carbonyl (C=O) groups excluding carboxylic acids is 1. The number of amides is 1. The highest BCUT2D eigenvalue weighted by atomic mass is 19.1. The maximum atomic E-state index is 13.8. The predicted molar refractivity (Wildman–Crippen MR) is 116 cm³/mol. The van der Waals surface area contributed by atoms with Gasteiger partial charge in [-0.05, 0) is 25.1 Å². The second-order valence-corrected chi connectivity index (χ2v) is 8.41. The number of halogens is 1. The smallest absolute Gasteiger partial charge is 0.258 e. The highest BCUT2D eigenvalue weighted by molar-refractivity contribution is 5.95. The highest BCUT2D eigenvalue weighted by Gasteiger charge is 2.22. The van der Waals surface area contributed by atoms with Crippen molar-refractivity contribution in [3.05, 3.63) is 77.3 Å². The first kappa shape index (κ1) is 21.4. The van der Waals surface area contributed by atoms with Gasteiger partial charge in [0.05, 0.1) is 17.5 Å². The van der Waals surface area contributed by atoms with Crippen molar-refractivity contribution in [2.24, 2.45) is 0 Å². The number of aromatic nitrogens is 5. The summed E-state index contributed by atoms with van der Waals surface area (Å²) in [6.45, 7) is 7.86. The molecular weight excluding hydrogens is 411 g/mol. The van der Waals surface area contributed by atoms with Crippen LogP contribution in [0.25, 0.3) is 17.3 Å². The lowest BCUT2D eigenvalue weighted by atomic mass is 9.96. The van der Waals surface area contributed by atoms with Gasteiger partial charge in [0.15, 0.2) is 11.6 Å². The molecule has 0 spiro atoms. The van der Waals surface area contributed by atoms with E-state index in [1.54, 1.807) is 48.1 Å². The molecule has 164 valence electrons. The molecule has 0 bridgehead atoms. The first-order valence-electron chi connectivity index (χ1n) is 10.1. The zero-order valence-corrected chi connectivity index (χ0v) is 18.3. The lowest BCUT2D eigenvalue weighted by Gasteiger charge is -2.10. The Morgan fingerprint density at radius 1 is 1.22 bits per heavy atom. The van der Waals surface area contributed by atoms with Crippen LogP contribution in [0.2, 0.25) is 0 Å². The monoisotopic (exact) mass is 434 g/mol. The van der Waals surface area contributed by atoms with Crippen LogP contribution in [0.15, 0.2) is 53.3 Å². The van der Waals surface area contributed by atoms with E-state index in [0.29, 0.717) is 39.9 Å². The lowest BCUT2D eigenvalue weighted by molar-refractivity contribution is 0.0950. The Bertz CT molecular complexity index is 1270. The minimum absolute atomic E-state index is 0.0805. The second-order valence-electron chi connectivity index (χ2n) is 8.41. The quantitative estimate of drug-likeness (QED) is 0.510. The summed E-state index contributed by atoms with van der Waals surface area (Å²) < 4.78 is 20.8. The van der Waals surface area contributed by atoms with Crippen LogP contribution in [0.4, 0.5) is 4.39 Å². The fraction of sp³-hybridized carbons (Fsp3) is 0.261. The standard InChI is InChI=1S/C23H23FN6O2/c1-14-17(20(31)26-12-16-7-5-6-8-18(16)24)13-27-30(14)19-11-15(9-10-25-19)21-28-22(29-32-21)23(2,3)4/h5-11,13H,12H2,1-4H3,(H,26,31). The lowest BCUT2D eigenvalue weighted by Crippen LogP contribution is -2.23. The molecule has 0 saturated heterocycles.